The highest BCUT2D eigenvalue weighted by atomic mass is 35.5. The summed E-state index contributed by atoms with van der Waals surface area (Å²) >= 11 is 7.15. The predicted molar refractivity (Wildman–Crippen MR) is 119 cm³/mol. The minimum Gasteiger partial charge on any atom is -0.493 e. The summed E-state index contributed by atoms with van der Waals surface area (Å²) in [7, 11) is 1.50. The Bertz CT molecular complexity index is 1130. The number of benzene rings is 2. The molecule has 0 aliphatic heterocycles. The smallest absolute Gasteiger partial charge is 0.353 e. The number of hydrogen-bond acceptors (Lipinski definition) is 6. The Balaban J connectivity index is 1.76. The third-order valence-electron chi connectivity index (χ3n) is 4.16. The molecule has 1 aromatic heterocycles. The SMILES string of the molecule is COc1cc(-n2ccc(SCc3ccc(F)c(Cl)c3)nc2=O)ccc1OCC(C)(C)O. The van der Waals surface area contributed by atoms with Crippen LogP contribution >= 0.6 is 23.4 Å². The van der Waals surface area contributed by atoms with Gasteiger partial charge < -0.3 is 14.6 Å². The predicted octanol–water partition coefficient (Wildman–Crippen LogP) is 4.48. The molecule has 0 saturated heterocycles. The molecule has 0 bridgehead atoms. The van der Waals surface area contributed by atoms with E-state index in [9.17, 15) is 14.3 Å². The average molecular weight is 465 g/mol. The van der Waals surface area contributed by atoms with Crippen molar-refractivity contribution in [1.82, 2.24) is 9.55 Å². The molecule has 0 spiro atoms. The fourth-order valence-corrected chi connectivity index (χ4v) is 3.63. The third-order valence-corrected chi connectivity index (χ3v) is 5.45. The largest absolute Gasteiger partial charge is 0.493 e. The van der Waals surface area contributed by atoms with Crippen LogP contribution in [-0.2, 0) is 5.75 Å². The van der Waals surface area contributed by atoms with Gasteiger partial charge >= 0.3 is 5.69 Å². The van der Waals surface area contributed by atoms with Crippen molar-refractivity contribution >= 4 is 23.4 Å². The lowest BCUT2D eigenvalue weighted by Gasteiger charge is -2.19. The van der Waals surface area contributed by atoms with E-state index in [0.29, 0.717) is 28.0 Å². The number of nitrogens with zero attached hydrogens (tertiary/aromatic N) is 2. The zero-order valence-electron chi connectivity index (χ0n) is 17.3. The lowest BCUT2D eigenvalue weighted by Crippen LogP contribution is -2.28. The lowest BCUT2D eigenvalue weighted by atomic mass is 10.2. The summed E-state index contributed by atoms with van der Waals surface area (Å²) in [6.07, 6.45) is 1.63. The van der Waals surface area contributed by atoms with Crippen molar-refractivity contribution in [1.29, 1.82) is 0 Å². The van der Waals surface area contributed by atoms with Gasteiger partial charge in [0.25, 0.3) is 0 Å². The van der Waals surface area contributed by atoms with E-state index in [1.165, 1.54) is 29.5 Å². The molecular formula is C22H22ClFN2O4S. The molecule has 0 atom stereocenters. The van der Waals surface area contributed by atoms with Crippen LogP contribution in [0.2, 0.25) is 5.02 Å². The highest BCUT2D eigenvalue weighted by molar-refractivity contribution is 7.98. The van der Waals surface area contributed by atoms with Crippen molar-refractivity contribution in [2.45, 2.75) is 30.2 Å². The molecule has 0 unspecified atom stereocenters. The Morgan fingerprint density at radius 2 is 1.97 bits per heavy atom. The normalized spacial score (nSPS) is 11.4. The van der Waals surface area contributed by atoms with Gasteiger partial charge in [-0.15, -0.1) is 11.8 Å². The Morgan fingerprint density at radius 1 is 1.19 bits per heavy atom. The number of aromatic nitrogens is 2. The van der Waals surface area contributed by atoms with E-state index in [4.69, 9.17) is 21.1 Å². The first-order valence-corrected chi connectivity index (χ1v) is 10.7. The van der Waals surface area contributed by atoms with Gasteiger partial charge in [-0.25, -0.2) is 9.18 Å². The van der Waals surface area contributed by atoms with Gasteiger partial charge in [0, 0.05) is 18.0 Å². The maximum absolute atomic E-state index is 13.3. The molecule has 0 saturated carbocycles. The molecule has 1 heterocycles. The first-order chi connectivity index (χ1) is 14.7. The molecule has 0 aliphatic rings. The molecule has 1 N–H and O–H groups in total. The minimum absolute atomic E-state index is 0.0606. The Kier molecular flexibility index (Phi) is 7.25. The first-order valence-electron chi connectivity index (χ1n) is 9.36. The van der Waals surface area contributed by atoms with Crippen LogP contribution in [0.3, 0.4) is 0 Å². The number of hydrogen-bond donors (Lipinski definition) is 1. The van der Waals surface area contributed by atoms with E-state index in [1.54, 1.807) is 56.4 Å². The number of ether oxygens (including phenoxy) is 2. The number of rotatable bonds is 8. The molecule has 9 heteroatoms. The van der Waals surface area contributed by atoms with Crippen LogP contribution in [0, 0.1) is 5.82 Å². The van der Waals surface area contributed by atoms with Crippen LogP contribution in [0.4, 0.5) is 4.39 Å². The topological polar surface area (TPSA) is 73.6 Å². The van der Waals surface area contributed by atoms with Crippen LogP contribution < -0.4 is 15.2 Å². The van der Waals surface area contributed by atoms with Gasteiger partial charge in [-0.05, 0) is 49.7 Å². The van der Waals surface area contributed by atoms with Crippen molar-refractivity contribution in [3.63, 3.8) is 0 Å². The molecule has 2 aromatic carbocycles. The highest BCUT2D eigenvalue weighted by Gasteiger charge is 2.16. The monoisotopic (exact) mass is 464 g/mol. The fraction of sp³-hybridized carbons (Fsp3) is 0.273. The molecule has 3 aromatic rings. The summed E-state index contributed by atoms with van der Waals surface area (Å²) in [4.78, 5) is 16.7. The van der Waals surface area contributed by atoms with E-state index < -0.39 is 17.1 Å². The molecule has 31 heavy (non-hydrogen) atoms. The van der Waals surface area contributed by atoms with Crippen LogP contribution in [0.15, 0.2) is 58.5 Å². The second-order valence-electron chi connectivity index (χ2n) is 7.39. The Morgan fingerprint density at radius 3 is 2.61 bits per heavy atom. The zero-order chi connectivity index (χ0) is 22.6. The van der Waals surface area contributed by atoms with Gasteiger partial charge in [-0.2, -0.15) is 4.98 Å². The summed E-state index contributed by atoms with van der Waals surface area (Å²) in [5, 5.41) is 10.4. The van der Waals surface area contributed by atoms with Crippen LogP contribution in [0.5, 0.6) is 11.5 Å². The average Bonchev–Trinajstić information content (AvgIpc) is 2.72. The van der Waals surface area contributed by atoms with Crippen molar-refractivity contribution in [2.24, 2.45) is 0 Å². The van der Waals surface area contributed by atoms with Crippen molar-refractivity contribution in [3.8, 4) is 17.2 Å². The number of halogens is 2. The molecule has 164 valence electrons. The van der Waals surface area contributed by atoms with Crippen molar-refractivity contribution < 1.29 is 19.0 Å². The molecular weight excluding hydrogens is 443 g/mol. The summed E-state index contributed by atoms with van der Waals surface area (Å²) in [5.41, 5.74) is -0.0490. The van der Waals surface area contributed by atoms with Crippen LogP contribution in [0.25, 0.3) is 5.69 Å². The standard InChI is InChI=1S/C22H22ClFN2O4S/c1-22(2,28)13-30-18-7-5-15(11-19(18)29-3)26-9-8-20(25-21(26)27)31-12-14-4-6-17(24)16(23)10-14/h4-11,28H,12-13H2,1-3H3. The number of methoxy groups -OCH3 is 1. The quantitative estimate of drug-likeness (QED) is 0.391. The van der Waals surface area contributed by atoms with E-state index in [-0.39, 0.29) is 11.6 Å². The summed E-state index contributed by atoms with van der Waals surface area (Å²) in [5.74, 6) is 0.917. The van der Waals surface area contributed by atoms with Crippen molar-refractivity contribution in [3.05, 3.63) is 75.5 Å². The third kappa shape index (κ3) is 6.22. The Hall–Kier alpha value is -2.55. The zero-order valence-corrected chi connectivity index (χ0v) is 18.8. The van der Waals surface area contributed by atoms with Crippen molar-refractivity contribution in [2.75, 3.05) is 13.7 Å². The maximum atomic E-state index is 13.3. The highest BCUT2D eigenvalue weighted by Crippen LogP contribution is 2.30. The molecule has 0 amide bonds. The first kappa shape index (κ1) is 23.1. The minimum atomic E-state index is -0.989. The Labute approximate surface area is 188 Å². The van der Waals surface area contributed by atoms with E-state index in [0.717, 1.165) is 5.56 Å². The maximum Gasteiger partial charge on any atom is 0.353 e. The molecule has 0 aliphatic carbocycles. The second kappa shape index (κ2) is 9.72. The van der Waals surface area contributed by atoms with E-state index >= 15 is 0 Å². The van der Waals surface area contributed by atoms with Gasteiger partial charge in [-0.1, -0.05) is 17.7 Å². The van der Waals surface area contributed by atoms with Gasteiger partial charge in [-0.3, -0.25) is 4.57 Å². The fourth-order valence-electron chi connectivity index (χ4n) is 2.63. The van der Waals surface area contributed by atoms with Gasteiger partial charge in [0.2, 0.25) is 0 Å². The van der Waals surface area contributed by atoms with Gasteiger partial charge in [0.15, 0.2) is 11.5 Å². The van der Waals surface area contributed by atoms with Crippen LogP contribution in [-0.4, -0.2) is 34.0 Å². The van der Waals surface area contributed by atoms with Gasteiger partial charge in [0.1, 0.15) is 17.5 Å². The molecule has 0 radical (unpaired) electrons. The lowest BCUT2D eigenvalue weighted by molar-refractivity contribution is 0.0276. The summed E-state index contributed by atoms with van der Waals surface area (Å²) < 4.78 is 25.6. The second-order valence-corrected chi connectivity index (χ2v) is 8.79. The summed E-state index contributed by atoms with van der Waals surface area (Å²) in [6.45, 7) is 3.38. The van der Waals surface area contributed by atoms with E-state index in [2.05, 4.69) is 4.98 Å². The molecule has 6 nitrogen and oxygen atoms in total. The molecule has 3 rings (SSSR count). The van der Waals surface area contributed by atoms with Crippen LogP contribution in [0.1, 0.15) is 19.4 Å². The summed E-state index contributed by atoms with van der Waals surface area (Å²) in [6, 6.07) is 11.3. The van der Waals surface area contributed by atoms with Gasteiger partial charge in [0.05, 0.1) is 23.4 Å². The number of thioether (sulfide) groups is 1. The van der Waals surface area contributed by atoms with E-state index in [1.807, 2.05) is 0 Å². The molecule has 0 fully saturated rings. The number of aliphatic hydroxyl groups is 1.